The van der Waals surface area contributed by atoms with Gasteiger partial charge in [-0.25, -0.2) is 0 Å². The maximum absolute atomic E-state index is 12.1. The monoisotopic (exact) mass is 316 g/mol. The lowest BCUT2D eigenvalue weighted by Crippen LogP contribution is -2.59. The molecule has 1 heterocycles. The lowest BCUT2D eigenvalue weighted by Gasteiger charge is -2.59. The zero-order chi connectivity index (χ0) is 16.4. The van der Waals surface area contributed by atoms with Gasteiger partial charge in [0, 0.05) is 18.5 Å². The van der Waals surface area contributed by atoms with Crippen LogP contribution in [0.15, 0.2) is 17.3 Å². The Hall–Kier alpha value is -1.32. The van der Waals surface area contributed by atoms with E-state index in [4.69, 9.17) is 0 Å². The van der Waals surface area contributed by atoms with Crippen LogP contribution in [0.3, 0.4) is 0 Å². The summed E-state index contributed by atoms with van der Waals surface area (Å²) in [6.07, 6.45) is 10.7. The minimum atomic E-state index is 0.103. The number of hydrogen-bond acceptors (Lipinski definition) is 3. The molecule has 3 fully saturated rings. The fourth-order valence-corrected chi connectivity index (χ4v) is 6.62. The summed E-state index contributed by atoms with van der Waals surface area (Å²) in [5, 5.41) is 12.8. The maximum Gasteiger partial charge on any atom is 0.246 e. The number of carbonyl (C=O) groups is 1. The van der Waals surface area contributed by atoms with Gasteiger partial charge in [-0.05, 0) is 67.8 Å². The topological polar surface area (TPSA) is 52.9 Å². The van der Waals surface area contributed by atoms with E-state index in [0.29, 0.717) is 29.2 Å². The number of fused-ring (bicyclic) bond motifs is 5. The van der Waals surface area contributed by atoms with E-state index >= 15 is 0 Å². The number of rotatable bonds is 0. The van der Waals surface area contributed by atoms with Crippen molar-refractivity contribution in [3.8, 4) is 0 Å². The maximum atomic E-state index is 12.1. The molecule has 23 heavy (non-hydrogen) atoms. The summed E-state index contributed by atoms with van der Waals surface area (Å²) >= 11 is 0. The molecule has 4 nitrogen and oxygen atoms in total. The van der Waals surface area contributed by atoms with E-state index < -0.39 is 0 Å². The summed E-state index contributed by atoms with van der Waals surface area (Å²) in [5.74, 6) is 2.13. The molecule has 0 aromatic heterocycles. The molecule has 0 aromatic carbocycles. The van der Waals surface area contributed by atoms with Gasteiger partial charge in [0.1, 0.15) is 0 Å². The average molecular weight is 316 g/mol. The number of hydrogen-bond donors (Lipinski definition) is 1. The Morgan fingerprint density at radius 2 is 2.04 bits per heavy atom. The van der Waals surface area contributed by atoms with Crippen LogP contribution in [0.1, 0.15) is 52.4 Å². The van der Waals surface area contributed by atoms with E-state index in [-0.39, 0.29) is 11.3 Å². The first-order valence-corrected chi connectivity index (χ1v) is 9.05. The van der Waals surface area contributed by atoms with Crippen LogP contribution in [0.4, 0.5) is 0 Å². The molecule has 0 bridgehead atoms. The van der Waals surface area contributed by atoms with Crippen LogP contribution in [0.2, 0.25) is 0 Å². The van der Waals surface area contributed by atoms with Gasteiger partial charge in [0.15, 0.2) is 0 Å². The molecule has 0 spiro atoms. The smallest absolute Gasteiger partial charge is 0.246 e. The molecule has 0 radical (unpaired) electrons. The van der Waals surface area contributed by atoms with Crippen LogP contribution in [-0.4, -0.2) is 34.8 Å². The largest absolute Gasteiger partial charge is 0.411 e. The Morgan fingerprint density at radius 3 is 2.78 bits per heavy atom. The standard InChI is InChI=1S/C19H28N2O2/c1-18-8-6-14-13(15(18)10-12(11-18)20-23)4-5-16-19(14,2)9-7-17(22)21(16)3/h7,9,13-16,23H,4-6,8,10-11H2,1-3H3/b20-12+/t13?,14?,15?,16?,18-,19-/m1/s1. The van der Waals surface area contributed by atoms with Crippen LogP contribution >= 0.6 is 0 Å². The van der Waals surface area contributed by atoms with Gasteiger partial charge in [-0.15, -0.1) is 0 Å². The third-order valence-electron chi connectivity index (χ3n) is 7.85. The highest BCUT2D eigenvalue weighted by molar-refractivity contribution is 5.89. The zero-order valence-corrected chi connectivity index (χ0v) is 14.5. The first-order chi connectivity index (χ1) is 10.9. The van der Waals surface area contributed by atoms with Crippen LogP contribution in [0.5, 0.6) is 0 Å². The van der Waals surface area contributed by atoms with Crippen molar-refractivity contribution in [2.75, 3.05) is 7.05 Å². The highest BCUT2D eigenvalue weighted by atomic mass is 16.4. The molecule has 4 unspecified atom stereocenters. The molecule has 3 aliphatic carbocycles. The van der Waals surface area contributed by atoms with E-state index in [1.165, 1.54) is 19.3 Å². The Morgan fingerprint density at radius 1 is 1.26 bits per heavy atom. The summed E-state index contributed by atoms with van der Waals surface area (Å²) in [6.45, 7) is 4.76. The number of nitrogens with zero attached hydrogens (tertiary/aromatic N) is 2. The summed E-state index contributed by atoms with van der Waals surface area (Å²) in [7, 11) is 1.97. The van der Waals surface area contributed by atoms with Crippen molar-refractivity contribution >= 4 is 11.6 Å². The third kappa shape index (κ3) is 1.96. The van der Waals surface area contributed by atoms with Crippen LogP contribution in [0.25, 0.3) is 0 Å². The molecule has 1 aliphatic heterocycles. The van der Waals surface area contributed by atoms with Crippen molar-refractivity contribution < 1.29 is 10.0 Å². The van der Waals surface area contributed by atoms with Crippen molar-refractivity contribution in [2.45, 2.75) is 58.4 Å². The highest BCUT2D eigenvalue weighted by Crippen LogP contribution is 2.63. The predicted octanol–water partition coefficient (Wildman–Crippen LogP) is 3.46. The molecule has 126 valence electrons. The lowest BCUT2D eigenvalue weighted by atomic mass is 9.48. The lowest BCUT2D eigenvalue weighted by molar-refractivity contribution is -0.138. The normalized spacial score (nSPS) is 50.7. The molecule has 1 N–H and O–H groups in total. The SMILES string of the molecule is CN1C(=O)C=C[C@]2(C)C3CC[C@]4(C)C/C(=N/O)CC4C3CCC12. The Bertz CT molecular complexity index is 598. The van der Waals surface area contributed by atoms with Crippen molar-refractivity contribution in [2.24, 2.45) is 33.7 Å². The molecule has 0 saturated heterocycles. The third-order valence-corrected chi connectivity index (χ3v) is 7.85. The number of amides is 1. The van der Waals surface area contributed by atoms with Gasteiger partial charge in [0.2, 0.25) is 5.91 Å². The van der Waals surface area contributed by atoms with Gasteiger partial charge in [0.05, 0.1) is 5.71 Å². The summed E-state index contributed by atoms with van der Waals surface area (Å²) in [6, 6.07) is 0.345. The minimum Gasteiger partial charge on any atom is -0.411 e. The first kappa shape index (κ1) is 15.2. The first-order valence-electron chi connectivity index (χ1n) is 9.05. The van der Waals surface area contributed by atoms with Gasteiger partial charge in [-0.3, -0.25) is 4.79 Å². The second kappa shape index (κ2) is 4.84. The van der Waals surface area contributed by atoms with Crippen LogP contribution in [-0.2, 0) is 4.79 Å². The Balaban J connectivity index is 1.69. The zero-order valence-electron chi connectivity index (χ0n) is 14.5. The van der Waals surface area contributed by atoms with Gasteiger partial charge >= 0.3 is 0 Å². The second-order valence-electron chi connectivity index (χ2n) is 8.86. The predicted molar refractivity (Wildman–Crippen MR) is 89.3 cm³/mol. The average Bonchev–Trinajstić information content (AvgIpc) is 2.88. The van der Waals surface area contributed by atoms with Gasteiger partial charge in [-0.1, -0.05) is 25.1 Å². The molecular weight excluding hydrogens is 288 g/mol. The Labute approximate surface area is 138 Å². The summed E-state index contributed by atoms with van der Waals surface area (Å²) in [4.78, 5) is 14.0. The van der Waals surface area contributed by atoms with E-state index in [9.17, 15) is 10.0 Å². The van der Waals surface area contributed by atoms with Gasteiger partial charge in [-0.2, -0.15) is 0 Å². The van der Waals surface area contributed by atoms with E-state index in [1.807, 2.05) is 11.9 Å². The van der Waals surface area contributed by atoms with Crippen LogP contribution < -0.4 is 0 Å². The van der Waals surface area contributed by atoms with E-state index in [1.54, 1.807) is 6.08 Å². The van der Waals surface area contributed by atoms with Gasteiger partial charge < -0.3 is 10.1 Å². The van der Waals surface area contributed by atoms with E-state index in [0.717, 1.165) is 25.0 Å². The molecule has 4 aliphatic rings. The number of carbonyl (C=O) groups excluding carboxylic acids is 1. The summed E-state index contributed by atoms with van der Waals surface area (Å²) < 4.78 is 0. The highest BCUT2D eigenvalue weighted by Gasteiger charge is 2.59. The fourth-order valence-electron chi connectivity index (χ4n) is 6.62. The van der Waals surface area contributed by atoms with E-state index in [2.05, 4.69) is 25.1 Å². The van der Waals surface area contributed by atoms with Crippen molar-refractivity contribution in [3.05, 3.63) is 12.2 Å². The quantitative estimate of drug-likeness (QED) is 0.549. The minimum absolute atomic E-state index is 0.103. The number of oxime groups is 1. The van der Waals surface area contributed by atoms with Crippen molar-refractivity contribution in [3.63, 3.8) is 0 Å². The molecular formula is C19H28N2O2. The van der Waals surface area contributed by atoms with Crippen molar-refractivity contribution in [1.82, 2.24) is 4.90 Å². The molecule has 0 aromatic rings. The molecule has 3 saturated carbocycles. The fraction of sp³-hybridized carbons (Fsp3) is 0.789. The molecule has 6 atom stereocenters. The van der Waals surface area contributed by atoms with Crippen LogP contribution in [0, 0.1) is 28.6 Å². The summed E-state index contributed by atoms with van der Waals surface area (Å²) in [5.41, 5.74) is 1.41. The Kier molecular flexibility index (Phi) is 3.20. The number of likely N-dealkylation sites (N-methyl/N-ethyl adjacent to an activating group) is 1. The molecule has 1 amide bonds. The molecule has 4 heteroatoms. The second-order valence-corrected chi connectivity index (χ2v) is 8.86. The molecule has 4 rings (SSSR count). The van der Waals surface area contributed by atoms with Crippen molar-refractivity contribution in [1.29, 1.82) is 0 Å². The van der Waals surface area contributed by atoms with Gasteiger partial charge in [0.25, 0.3) is 0 Å².